The van der Waals surface area contributed by atoms with E-state index >= 15 is 0 Å². The summed E-state index contributed by atoms with van der Waals surface area (Å²) >= 11 is 0. The number of carbonyl (C=O) groups is 1. The van der Waals surface area contributed by atoms with Crippen molar-refractivity contribution in [1.82, 2.24) is 10.4 Å². The Morgan fingerprint density at radius 3 is 2.29 bits per heavy atom. The van der Waals surface area contributed by atoms with Crippen molar-refractivity contribution in [3.05, 3.63) is 35.9 Å². The fourth-order valence-corrected chi connectivity index (χ4v) is 1.18. The minimum Gasteiger partial charge on any atom is -0.285 e. The number of hydrazine groups is 1. The van der Waals surface area contributed by atoms with Crippen LogP contribution in [0.5, 0.6) is 0 Å². The quantitative estimate of drug-likeness (QED) is 0.736. The van der Waals surface area contributed by atoms with E-state index < -0.39 is 0 Å². The van der Waals surface area contributed by atoms with Gasteiger partial charge in [0.2, 0.25) is 0 Å². The molecule has 0 bridgehead atoms. The maximum Gasteiger partial charge on any atom is 0.265 e. The zero-order valence-corrected chi connectivity index (χ0v) is 8.66. The Hall–Kier alpha value is -1.35. The topological polar surface area (TPSA) is 32.3 Å². The molecule has 0 saturated heterocycles. The predicted octanol–water partition coefficient (Wildman–Crippen LogP) is 1.67. The number of benzene rings is 1. The molecule has 0 atom stereocenters. The van der Waals surface area contributed by atoms with E-state index in [-0.39, 0.29) is 5.91 Å². The van der Waals surface area contributed by atoms with E-state index in [2.05, 4.69) is 5.43 Å². The smallest absolute Gasteiger partial charge is 0.265 e. The summed E-state index contributed by atoms with van der Waals surface area (Å²) in [7, 11) is 0. The first-order valence-electron chi connectivity index (χ1n) is 4.89. The van der Waals surface area contributed by atoms with Crippen LogP contribution in [0, 0.1) is 0 Å². The Kier molecular flexibility index (Phi) is 4.13. The van der Waals surface area contributed by atoms with Gasteiger partial charge in [0.25, 0.3) is 5.91 Å². The third kappa shape index (κ3) is 2.85. The average molecular weight is 192 g/mol. The third-order valence-corrected chi connectivity index (χ3v) is 2.06. The van der Waals surface area contributed by atoms with Crippen LogP contribution in [-0.4, -0.2) is 24.0 Å². The van der Waals surface area contributed by atoms with Crippen LogP contribution < -0.4 is 5.43 Å². The summed E-state index contributed by atoms with van der Waals surface area (Å²) in [5.41, 5.74) is 3.52. The van der Waals surface area contributed by atoms with E-state index in [4.69, 9.17) is 0 Å². The van der Waals surface area contributed by atoms with Crippen LogP contribution >= 0.6 is 0 Å². The maximum atomic E-state index is 11.6. The van der Waals surface area contributed by atoms with Crippen molar-refractivity contribution in [2.45, 2.75) is 13.8 Å². The first kappa shape index (κ1) is 10.7. The third-order valence-electron chi connectivity index (χ3n) is 2.06. The van der Waals surface area contributed by atoms with Crippen LogP contribution in [0.3, 0.4) is 0 Å². The van der Waals surface area contributed by atoms with Gasteiger partial charge in [0, 0.05) is 18.7 Å². The lowest BCUT2D eigenvalue weighted by Crippen LogP contribution is -2.41. The lowest BCUT2D eigenvalue weighted by Gasteiger charge is -2.19. The molecule has 0 aliphatic carbocycles. The van der Waals surface area contributed by atoms with Gasteiger partial charge in [0.15, 0.2) is 0 Å². The van der Waals surface area contributed by atoms with Gasteiger partial charge >= 0.3 is 0 Å². The Morgan fingerprint density at radius 1 is 1.21 bits per heavy atom. The number of nitrogens with one attached hydrogen (secondary N) is 1. The van der Waals surface area contributed by atoms with Gasteiger partial charge in [-0.25, -0.2) is 5.01 Å². The standard InChI is InChI=1S/C11H16N2O/c1-3-13(4-2)12-11(14)10-8-6-5-7-9-10/h5-9H,3-4H2,1-2H3,(H,12,14). The lowest BCUT2D eigenvalue weighted by atomic mass is 10.2. The predicted molar refractivity (Wildman–Crippen MR) is 56.8 cm³/mol. The van der Waals surface area contributed by atoms with Crippen LogP contribution in [0.2, 0.25) is 0 Å². The molecular formula is C11H16N2O. The maximum absolute atomic E-state index is 11.6. The first-order valence-corrected chi connectivity index (χ1v) is 4.89. The van der Waals surface area contributed by atoms with Crippen LogP contribution in [-0.2, 0) is 0 Å². The number of carbonyl (C=O) groups excluding carboxylic acids is 1. The van der Waals surface area contributed by atoms with E-state index in [1.54, 1.807) is 12.1 Å². The molecule has 3 heteroatoms. The molecule has 76 valence electrons. The number of nitrogens with zero attached hydrogens (tertiary/aromatic N) is 1. The fourth-order valence-electron chi connectivity index (χ4n) is 1.18. The van der Waals surface area contributed by atoms with Gasteiger partial charge in [-0.3, -0.25) is 10.2 Å². The van der Waals surface area contributed by atoms with Crippen LogP contribution in [0.25, 0.3) is 0 Å². The molecule has 0 unspecified atom stereocenters. The zero-order chi connectivity index (χ0) is 10.4. The van der Waals surface area contributed by atoms with Crippen molar-refractivity contribution in [3.8, 4) is 0 Å². The van der Waals surface area contributed by atoms with Crippen LogP contribution in [0.15, 0.2) is 30.3 Å². The van der Waals surface area contributed by atoms with Gasteiger partial charge < -0.3 is 0 Å². The zero-order valence-electron chi connectivity index (χ0n) is 8.66. The van der Waals surface area contributed by atoms with Crippen molar-refractivity contribution >= 4 is 5.91 Å². The van der Waals surface area contributed by atoms with Gasteiger partial charge in [-0.1, -0.05) is 32.0 Å². The average Bonchev–Trinajstić information content (AvgIpc) is 2.26. The Balaban J connectivity index is 2.59. The summed E-state index contributed by atoms with van der Waals surface area (Å²) in [5, 5.41) is 1.87. The molecule has 1 aromatic carbocycles. The highest BCUT2D eigenvalue weighted by Crippen LogP contribution is 1.98. The minimum atomic E-state index is -0.0469. The van der Waals surface area contributed by atoms with Gasteiger partial charge in [0.05, 0.1) is 0 Å². The molecular weight excluding hydrogens is 176 g/mol. The molecule has 0 aliphatic rings. The Labute approximate surface area is 84.7 Å². The molecule has 1 amide bonds. The first-order chi connectivity index (χ1) is 6.77. The molecule has 0 radical (unpaired) electrons. The molecule has 1 rings (SSSR count). The highest BCUT2D eigenvalue weighted by molar-refractivity contribution is 5.93. The molecule has 0 heterocycles. The number of hydrogen-bond donors (Lipinski definition) is 1. The minimum absolute atomic E-state index is 0.0469. The molecule has 1 aromatic rings. The van der Waals surface area contributed by atoms with E-state index in [0.29, 0.717) is 5.56 Å². The van der Waals surface area contributed by atoms with Gasteiger partial charge in [-0.05, 0) is 12.1 Å². The van der Waals surface area contributed by atoms with E-state index in [1.807, 2.05) is 37.1 Å². The van der Waals surface area contributed by atoms with Crippen molar-refractivity contribution < 1.29 is 4.79 Å². The summed E-state index contributed by atoms with van der Waals surface area (Å²) < 4.78 is 0. The highest BCUT2D eigenvalue weighted by atomic mass is 16.2. The monoisotopic (exact) mass is 192 g/mol. The SMILES string of the molecule is CCN(CC)NC(=O)c1ccccc1. The van der Waals surface area contributed by atoms with Crippen molar-refractivity contribution in [1.29, 1.82) is 0 Å². The summed E-state index contributed by atoms with van der Waals surface area (Å²) in [5.74, 6) is -0.0469. The van der Waals surface area contributed by atoms with Gasteiger partial charge in [0.1, 0.15) is 0 Å². The summed E-state index contributed by atoms with van der Waals surface area (Å²) in [6.45, 7) is 5.65. The fraction of sp³-hybridized carbons (Fsp3) is 0.364. The number of hydrogen-bond acceptors (Lipinski definition) is 2. The second-order valence-electron chi connectivity index (χ2n) is 2.98. The van der Waals surface area contributed by atoms with Gasteiger partial charge in [-0.15, -0.1) is 0 Å². The summed E-state index contributed by atoms with van der Waals surface area (Å²) in [6, 6.07) is 9.22. The molecule has 3 nitrogen and oxygen atoms in total. The second-order valence-corrected chi connectivity index (χ2v) is 2.98. The van der Waals surface area contributed by atoms with Crippen LogP contribution in [0.4, 0.5) is 0 Å². The molecule has 0 aliphatic heterocycles. The van der Waals surface area contributed by atoms with Crippen molar-refractivity contribution in [2.75, 3.05) is 13.1 Å². The Bertz CT molecular complexity index is 281. The molecule has 14 heavy (non-hydrogen) atoms. The second kappa shape index (κ2) is 5.40. The lowest BCUT2D eigenvalue weighted by molar-refractivity contribution is 0.0805. The van der Waals surface area contributed by atoms with Crippen molar-refractivity contribution in [2.24, 2.45) is 0 Å². The Morgan fingerprint density at radius 2 is 1.79 bits per heavy atom. The van der Waals surface area contributed by atoms with Gasteiger partial charge in [-0.2, -0.15) is 0 Å². The van der Waals surface area contributed by atoms with Crippen LogP contribution in [0.1, 0.15) is 24.2 Å². The molecule has 0 spiro atoms. The molecule has 1 N–H and O–H groups in total. The van der Waals surface area contributed by atoms with E-state index in [9.17, 15) is 4.79 Å². The normalized spacial score (nSPS) is 10.2. The number of rotatable bonds is 4. The van der Waals surface area contributed by atoms with E-state index in [1.165, 1.54) is 0 Å². The van der Waals surface area contributed by atoms with E-state index in [0.717, 1.165) is 13.1 Å². The molecule has 0 aromatic heterocycles. The summed E-state index contributed by atoms with van der Waals surface area (Å²) in [6.07, 6.45) is 0. The largest absolute Gasteiger partial charge is 0.285 e. The number of amides is 1. The molecule has 0 saturated carbocycles. The highest BCUT2D eigenvalue weighted by Gasteiger charge is 2.06. The molecule has 0 fully saturated rings. The van der Waals surface area contributed by atoms with Crippen molar-refractivity contribution in [3.63, 3.8) is 0 Å². The summed E-state index contributed by atoms with van der Waals surface area (Å²) in [4.78, 5) is 11.6.